The molecule has 0 saturated heterocycles. The Morgan fingerprint density at radius 2 is 2.03 bits per heavy atom. The van der Waals surface area contributed by atoms with E-state index in [4.69, 9.17) is 9.47 Å². The molecule has 0 radical (unpaired) electrons. The molecule has 2 N–H and O–H groups in total. The number of pyridine rings is 1. The van der Waals surface area contributed by atoms with E-state index in [9.17, 15) is 9.59 Å². The molecule has 0 aliphatic carbocycles. The van der Waals surface area contributed by atoms with Crippen LogP contribution in [0.3, 0.4) is 0 Å². The third-order valence-corrected chi connectivity index (χ3v) is 4.51. The fourth-order valence-corrected chi connectivity index (χ4v) is 3.27. The highest BCUT2D eigenvalue weighted by molar-refractivity contribution is 5.96. The second kappa shape index (κ2) is 6.48. The first-order valence-corrected chi connectivity index (χ1v) is 8.85. The van der Waals surface area contributed by atoms with Gasteiger partial charge >= 0.3 is 0 Å². The molecule has 9 nitrogen and oxygen atoms in total. The van der Waals surface area contributed by atoms with E-state index >= 15 is 0 Å². The Labute approximate surface area is 163 Å². The zero-order valence-electron chi connectivity index (χ0n) is 15.3. The van der Waals surface area contributed by atoms with Crippen LogP contribution in [0.5, 0.6) is 11.5 Å². The molecule has 3 aromatic heterocycles. The second-order valence-corrected chi connectivity index (χ2v) is 6.47. The van der Waals surface area contributed by atoms with E-state index in [1.54, 1.807) is 30.5 Å². The summed E-state index contributed by atoms with van der Waals surface area (Å²) in [7, 11) is 0. The Kier molecular flexibility index (Phi) is 3.80. The van der Waals surface area contributed by atoms with Crippen LogP contribution >= 0.6 is 0 Å². The number of rotatable bonds is 3. The van der Waals surface area contributed by atoms with Crippen LogP contribution in [0.4, 0.5) is 5.82 Å². The van der Waals surface area contributed by atoms with Gasteiger partial charge in [0.15, 0.2) is 17.3 Å². The van der Waals surface area contributed by atoms with Crippen molar-refractivity contribution in [2.75, 3.05) is 12.1 Å². The number of carbonyl (C=O) groups excluding carboxylic acids is 1. The lowest BCUT2D eigenvalue weighted by Crippen LogP contribution is -2.15. The van der Waals surface area contributed by atoms with Gasteiger partial charge < -0.3 is 19.8 Å². The van der Waals surface area contributed by atoms with Crippen LogP contribution < -0.4 is 20.3 Å². The van der Waals surface area contributed by atoms with Gasteiger partial charge in [-0.3, -0.25) is 14.6 Å². The molecule has 0 fully saturated rings. The van der Waals surface area contributed by atoms with Crippen molar-refractivity contribution in [2.24, 2.45) is 0 Å². The molecule has 1 aliphatic heterocycles. The van der Waals surface area contributed by atoms with Crippen molar-refractivity contribution in [1.82, 2.24) is 19.6 Å². The van der Waals surface area contributed by atoms with Gasteiger partial charge in [0.2, 0.25) is 12.7 Å². The van der Waals surface area contributed by atoms with Crippen molar-refractivity contribution < 1.29 is 14.3 Å². The summed E-state index contributed by atoms with van der Waals surface area (Å²) >= 11 is 0. The predicted molar refractivity (Wildman–Crippen MR) is 105 cm³/mol. The van der Waals surface area contributed by atoms with Crippen LogP contribution in [-0.2, 0) is 4.79 Å². The molecule has 4 heterocycles. The number of nitrogens with one attached hydrogen (secondary N) is 2. The number of carbonyl (C=O) groups is 1. The van der Waals surface area contributed by atoms with Crippen molar-refractivity contribution >= 4 is 17.4 Å². The Morgan fingerprint density at radius 1 is 1.17 bits per heavy atom. The van der Waals surface area contributed by atoms with Gasteiger partial charge in [0.05, 0.1) is 17.0 Å². The Bertz CT molecular complexity index is 1310. The summed E-state index contributed by atoms with van der Waals surface area (Å²) < 4.78 is 12.0. The van der Waals surface area contributed by atoms with Crippen molar-refractivity contribution in [3.8, 4) is 34.0 Å². The number of aromatic nitrogens is 4. The summed E-state index contributed by atoms with van der Waals surface area (Å²) in [5, 5.41) is 6.95. The molecule has 9 heteroatoms. The van der Waals surface area contributed by atoms with Crippen LogP contribution in [0.1, 0.15) is 6.92 Å². The summed E-state index contributed by atoms with van der Waals surface area (Å²) in [6.45, 7) is 1.55. The standard InChI is InChI=1S/C20H15N5O4/c1-11(26)22-19-18(13-4-2-3-7-21-13)20-23-14(9-17(27)25(20)24-19)12-5-6-15-16(8-12)29-10-28-15/h2-9,23H,10H2,1H3,(H,22,24,26). The highest BCUT2D eigenvalue weighted by Gasteiger charge is 2.20. The average Bonchev–Trinajstić information content (AvgIpc) is 3.32. The summed E-state index contributed by atoms with van der Waals surface area (Å²) in [5.41, 5.74) is 2.51. The molecule has 0 spiro atoms. The monoisotopic (exact) mass is 389 g/mol. The van der Waals surface area contributed by atoms with Gasteiger partial charge in [-0.2, -0.15) is 4.52 Å². The number of hydrogen-bond acceptors (Lipinski definition) is 6. The lowest BCUT2D eigenvalue weighted by molar-refractivity contribution is -0.114. The van der Waals surface area contributed by atoms with Crippen molar-refractivity contribution in [3.05, 3.63) is 59.0 Å². The van der Waals surface area contributed by atoms with E-state index in [-0.39, 0.29) is 24.1 Å². The maximum absolute atomic E-state index is 12.8. The number of aromatic amines is 1. The first kappa shape index (κ1) is 17.0. The van der Waals surface area contributed by atoms with Gasteiger partial charge in [-0.15, -0.1) is 5.10 Å². The fraction of sp³-hybridized carbons (Fsp3) is 0.100. The molecule has 0 bridgehead atoms. The molecule has 4 aromatic rings. The molecule has 0 atom stereocenters. The Morgan fingerprint density at radius 3 is 2.83 bits per heavy atom. The zero-order chi connectivity index (χ0) is 20.0. The smallest absolute Gasteiger partial charge is 0.274 e. The van der Waals surface area contributed by atoms with E-state index < -0.39 is 0 Å². The van der Waals surface area contributed by atoms with Gasteiger partial charge in [0.1, 0.15) is 5.65 Å². The summed E-state index contributed by atoms with van der Waals surface area (Å²) in [6.07, 6.45) is 1.64. The summed E-state index contributed by atoms with van der Waals surface area (Å²) in [5.74, 6) is 1.23. The summed E-state index contributed by atoms with van der Waals surface area (Å²) in [6, 6.07) is 12.3. The number of nitrogens with zero attached hydrogens (tertiary/aromatic N) is 3. The van der Waals surface area contributed by atoms with Crippen LogP contribution in [0, 0.1) is 0 Å². The summed E-state index contributed by atoms with van der Waals surface area (Å²) in [4.78, 5) is 32.0. The van der Waals surface area contributed by atoms with E-state index in [0.717, 1.165) is 5.56 Å². The minimum Gasteiger partial charge on any atom is -0.454 e. The Hall–Kier alpha value is -4.14. The molecule has 1 aromatic carbocycles. The Balaban J connectivity index is 1.75. The molecule has 144 valence electrons. The zero-order valence-corrected chi connectivity index (χ0v) is 15.3. The van der Waals surface area contributed by atoms with Crippen molar-refractivity contribution in [1.29, 1.82) is 0 Å². The lowest BCUT2D eigenvalue weighted by atomic mass is 10.1. The first-order chi connectivity index (χ1) is 14.1. The van der Waals surface area contributed by atoms with Gasteiger partial charge in [0.25, 0.3) is 5.56 Å². The first-order valence-electron chi connectivity index (χ1n) is 8.85. The average molecular weight is 389 g/mol. The number of fused-ring (bicyclic) bond motifs is 2. The van der Waals surface area contributed by atoms with Gasteiger partial charge in [-0.1, -0.05) is 6.07 Å². The quantitative estimate of drug-likeness (QED) is 0.557. The molecule has 0 saturated carbocycles. The number of benzene rings is 1. The lowest BCUT2D eigenvalue weighted by Gasteiger charge is -2.06. The minimum atomic E-state index is -0.347. The normalized spacial score (nSPS) is 12.3. The third kappa shape index (κ3) is 2.89. The van der Waals surface area contributed by atoms with Gasteiger partial charge in [-0.05, 0) is 30.3 Å². The fourth-order valence-electron chi connectivity index (χ4n) is 3.27. The topological polar surface area (TPSA) is 111 Å². The maximum atomic E-state index is 12.8. The van der Waals surface area contributed by atoms with Crippen molar-refractivity contribution in [3.63, 3.8) is 0 Å². The molecule has 1 aliphatic rings. The number of ether oxygens (including phenoxy) is 2. The minimum absolute atomic E-state index is 0.168. The van der Waals surface area contributed by atoms with Crippen molar-refractivity contribution in [2.45, 2.75) is 6.92 Å². The van der Waals surface area contributed by atoms with Crippen LogP contribution in [0.25, 0.3) is 28.2 Å². The SMILES string of the molecule is CC(=O)Nc1nn2c(=O)cc(-c3ccc4c(c3)OCO4)[nH]c2c1-c1ccccn1. The molecule has 0 unspecified atom stereocenters. The highest BCUT2D eigenvalue weighted by Crippen LogP contribution is 2.36. The number of anilines is 1. The second-order valence-electron chi connectivity index (χ2n) is 6.47. The molecule has 29 heavy (non-hydrogen) atoms. The van der Waals surface area contributed by atoms with E-state index in [2.05, 4.69) is 20.4 Å². The molecular formula is C20H15N5O4. The number of amides is 1. The van der Waals surface area contributed by atoms with Crippen LogP contribution in [-0.4, -0.2) is 32.3 Å². The van der Waals surface area contributed by atoms with Crippen LogP contribution in [0.15, 0.2) is 53.5 Å². The largest absolute Gasteiger partial charge is 0.454 e. The number of hydrogen-bond donors (Lipinski definition) is 2. The van der Waals surface area contributed by atoms with Crippen LogP contribution in [0.2, 0.25) is 0 Å². The molecule has 1 amide bonds. The van der Waals surface area contributed by atoms with E-state index in [0.29, 0.717) is 34.1 Å². The van der Waals surface area contributed by atoms with E-state index in [1.807, 2.05) is 12.1 Å². The van der Waals surface area contributed by atoms with Gasteiger partial charge in [-0.25, -0.2) is 0 Å². The maximum Gasteiger partial charge on any atom is 0.274 e. The molecular weight excluding hydrogens is 374 g/mol. The third-order valence-electron chi connectivity index (χ3n) is 4.51. The van der Waals surface area contributed by atoms with E-state index in [1.165, 1.54) is 17.5 Å². The number of H-pyrrole nitrogens is 1. The predicted octanol–water partition coefficient (Wildman–Crippen LogP) is 2.44. The van der Waals surface area contributed by atoms with Gasteiger partial charge in [0, 0.05) is 24.8 Å². The highest BCUT2D eigenvalue weighted by atomic mass is 16.7. The molecule has 5 rings (SSSR count).